The highest BCUT2D eigenvalue weighted by Crippen LogP contribution is 2.28. The topological polar surface area (TPSA) is 46.9 Å². The van der Waals surface area contributed by atoms with Crippen LogP contribution in [-0.2, 0) is 19.3 Å². The zero-order chi connectivity index (χ0) is 19.5. The van der Waals surface area contributed by atoms with Gasteiger partial charge in [0.05, 0.1) is 5.69 Å². The number of nitrogens with zero attached hydrogens (tertiary/aromatic N) is 2. The van der Waals surface area contributed by atoms with Crippen molar-refractivity contribution >= 4 is 5.91 Å². The lowest BCUT2D eigenvalue weighted by Crippen LogP contribution is -2.26. The first kappa shape index (κ1) is 18.3. The first-order valence-electron chi connectivity index (χ1n) is 9.52. The monoisotopic (exact) mass is 381 g/mol. The van der Waals surface area contributed by atoms with Crippen molar-refractivity contribution in [1.82, 2.24) is 15.1 Å². The summed E-state index contributed by atoms with van der Waals surface area (Å²) in [5, 5.41) is 7.36. The molecule has 0 aliphatic heterocycles. The summed E-state index contributed by atoms with van der Waals surface area (Å²) >= 11 is 0. The lowest BCUT2D eigenvalue weighted by molar-refractivity contribution is 0.0947. The summed E-state index contributed by atoms with van der Waals surface area (Å²) in [4.78, 5) is 12.7. The number of halogens is 2. The van der Waals surface area contributed by atoms with Crippen LogP contribution in [0.5, 0.6) is 0 Å². The minimum absolute atomic E-state index is 0.215. The fourth-order valence-corrected chi connectivity index (χ4v) is 3.67. The SMILES string of the molecule is O=C(NCCCc1ccccc1)c1nn(-c2ccc(F)c(F)c2)c2c1CCC2. The number of amides is 1. The number of carbonyl (C=O) groups excluding carboxylic acids is 1. The third-order valence-corrected chi connectivity index (χ3v) is 5.06. The maximum absolute atomic E-state index is 13.6. The van der Waals surface area contributed by atoms with Gasteiger partial charge in [-0.1, -0.05) is 30.3 Å². The fraction of sp³-hybridized carbons (Fsp3) is 0.273. The van der Waals surface area contributed by atoms with Gasteiger partial charge in [-0.2, -0.15) is 5.10 Å². The molecule has 0 fully saturated rings. The van der Waals surface area contributed by atoms with Gasteiger partial charge in [0.25, 0.3) is 5.91 Å². The summed E-state index contributed by atoms with van der Waals surface area (Å²) in [5.74, 6) is -2.04. The van der Waals surface area contributed by atoms with Crippen LogP contribution in [-0.4, -0.2) is 22.2 Å². The largest absolute Gasteiger partial charge is 0.351 e. The second-order valence-corrected chi connectivity index (χ2v) is 6.98. The first-order chi connectivity index (χ1) is 13.6. The zero-order valence-electron chi connectivity index (χ0n) is 15.4. The Balaban J connectivity index is 1.47. The van der Waals surface area contributed by atoms with Crippen molar-refractivity contribution in [3.05, 3.63) is 82.7 Å². The van der Waals surface area contributed by atoms with Crippen molar-refractivity contribution in [3.8, 4) is 5.69 Å². The molecular formula is C22H21F2N3O. The predicted octanol–water partition coefficient (Wildman–Crippen LogP) is 4.00. The Morgan fingerprint density at radius 1 is 1.07 bits per heavy atom. The number of aryl methyl sites for hydroxylation is 1. The van der Waals surface area contributed by atoms with Crippen molar-refractivity contribution in [2.24, 2.45) is 0 Å². The molecule has 0 unspecified atom stereocenters. The number of aromatic nitrogens is 2. The summed E-state index contributed by atoms with van der Waals surface area (Å²) in [7, 11) is 0. The second kappa shape index (κ2) is 7.92. The molecule has 0 atom stereocenters. The number of rotatable bonds is 6. The van der Waals surface area contributed by atoms with Crippen molar-refractivity contribution in [2.45, 2.75) is 32.1 Å². The Morgan fingerprint density at radius 3 is 2.68 bits per heavy atom. The van der Waals surface area contributed by atoms with E-state index in [1.807, 2.05) is 18.2 Å². The van der Waals surface area contributed by atoms with Crippen LogP contribution in [0.1, 0.15) is 40.2 Å². The molecule has 6 heteroatoms. The first-order valence-corrected chi connectivity index (χ1v) is 9.52. The van der Waals surface area contributed by atoms with E-state index >= 15 is 0 Å². The molecule has 0 spiro atoms. The van der Waals surface area contributed by atoms with Crippen molar-refractivity contribution < 1.29 is 13.6 Å². The Hall–Kier alpha value is -3.02. The van der Waals surface area contributed by atoms with E-state index in [9.17, 15) is 13.6 Å². The number of benzene rings is 2. The van der Waals surface area contributed by atoms with Gasteiger partial charge in [-0.3, -0.25) is 4.79 Å². The van der Waals surface area contributed by atoms with Gasteiger partial charge in [0.15, 0.2) is 17.3 Å². The van der Waals surface area contributed by atoms with Crippen LogP contribution in [0.4, 0.5) is 8.78 Å². The molecule has 4 nitrogen and oxygen atoms in total. The molecule has 0 radical (unpaired) electrons. The van der Waals surface area contributed by atoms with E-state index in [1.54, 1.807) is 4.68 Å². The third kappa shape index (κ3) is 3.67. The van der Waals surface area contributed by atoms with Gasteiger partial charge >= 0.3 is 0 Å². The van der Waals surface area contributed by atoms with Crippen molar-refractivity contribution in [2.75, 3.05) is 6.54 Å². The minimum Gasteiger partial charge on any atom is -0.351 e. The van der Waals surface area contributed by atoms with Gasteiger partial charge in [-0.05, 0) is 49.8 Å². The fourth-order valence-electron chi connectivity index (χ4n) is 3.67. The molecule has 0 saturated carbocycles. The van der Waals surface area contributed by atoms with Gasteiger partial charge in [-0.15, -0.1) is 0 Å². The highest BCUT2D eigenvalue weighted by molar-refractivity contribution is 5.94. The van der Waals surface area contributed by atoms with Crippen LogP contribution < -0.4 is 5.32 Å². The molecule has 144 valence electrons. The number of hydrogen-bond acceptors (Lipinski definition) is 2. The summed E-state index contributed by atoms with van der Waals surface area (Å²) in [6, 6.07) is 13.8. The molecule has 1 aromatic heterocycles. The highest BCUT2D eigenvalue weighted by Gasteiger charge is 2.27. The van der Waals surface area contributed by atoms with E-state index in [2.05, 4.69) is 22.5 Å². The second-order valence-electron chi connectivity index (χ2n) is 6.98. The third-order valence-electron chi connectivity index (χ3n) is 5.06. The van der Waals surface area contributed by atoms with Crippen molar-refractivity contribution in [3.63, 3.8) is 0 Å². The molecule has 2 aromatic carbocycles. The van der Waals surface area contributed by atoms with Crippen LogP contribution >= 0.6 is 0 Å². The van der Waals surface area contributed by atoms with Gasteiger partial charge in [0.2, 0.25) is 0 Å². The maximum Gasteiger partial charge on any atom is 0.272 e. The van der Waals surface area contributed by atoms with Crippen LogP contribution in [0.25, 0.3) is 5.69 Å². The smallest absolute Gasteiger partial charge is 0.272 e. The van der Waals surface area contributed by atoms with Crippen LogP contribution in [0.2, 0.25) is 0 Å². The minimum atomic E-state index is -0.924. The molecule has 1 heterocycles. The summed E-state index contributed by atoms with van der Waals surface area (Å²) in [6.07, 6.45) is 4.18. The van der Waals surface area contributed by atoms with E-state index in [0.717, 1.165) is 55.5 Å². The molecular weight excluding hydrogens is 360 g/mol. The molecule has 1 aliphatic carbocycles. The number of fused-ring (bicyclic) bond motifs is 1. The highest BCUT2D eigenvalue weighted by atomic mass is 19.2. The van der Waals surface area contributed by atoms with E-state index in [-0.39, 0.29) is 5.91 Å². The molecule has 4 rings (SSSR count). The lowest BCUT2D eigenvalue weighted by Gasteiger charge is -2.06. The molecule has 1 N–H and O–H groups in total. The Morgan fingerprint density at radius 2 is 1.89 bits per heavy atom. The maximum atomic E-state index is 13.6. The van der Waals surface area contributed by atoms with E-state index in [0.29, 0.717) is 17.9 Å². The Kier molecular flexibility index (Phi) is 5.19. The van der Waals surface area contributed by atoms with E-state index in [4.69, 9.17) is 0 Å². The molecule has 0 saturated heterocycles. The van der Waals surface area contributed by atoms with Crippen molar-refractivity contribution in [1.29, 1.82) is 0 Å². The van der Waals surface area contributed by atoms with E-state index in [1.165, 1.54) is 11.6 Å². The van der Waals surface area contributed by atoms with Gasteiger partial charge in [0.1, 0.15) is 0 Å². The standard InChI is InChI=1S/C22H21F2N3O/c23-18-12-11-16(14-19(18)24)27-20-10-4-9-17(20)21(26-27)22(28)25-13-5-8-15-6-2-1-3-7-15/h1-3,6-7,11-12,14H,4-5,8-10,13H2,(H,25,28). The van der Waals surface area contributed by atoms with Gasteiger partial charge in [-0.25, -0.2) is 13.5 Å². The molecule has 3 aromatic rings. The normalized spacial score (nSPS) is 12.8. The van der Waals surface area contributed by atoms with Crippen LogP contribution in [0.15, 0.2) is 48.5 Å². The number of nitrogens with one attached hydrogen (secondary N) is 1. The zero-order valence-corrected chi connectivity index (χ0v) is 15.4. The molecule has 1 amide bonds. The van der Waals surface area contributed by atoms with Crippen LogP contribution in [0.3, 0.4) is 0 Å². The number of carbonyl (C=O) groups is 1. The molecule has 0 bridgehead atoms. The number of hydrogen-bond donors (Lipinski definition) is 1. The Bertz CT molecular complexity index is 999. The van der Waals surface area contributed by atoms with E-state index < -0.39 is 11.6 Å². The summed E-state index contributed by atoms with van der Waals surface area (Å²) < 4.78 is 28.5. The average molecular weight is 381 g/mol. The summed E-state index contributed by atoms with van der Waals surface area (Å²) in [6.45, 7) is 0.556. The predicted molar refractivity (Wildman–Crippen MR) is 103 cm³/mol. The molecule has 1 aliphatic rings. The molecule has 28 heavy (non-hydrogen) atoms. The van der Waals surface area contributed by atoms with Gasteiger partial charge in [0, 0.05) is 23.9 Å². The summed E-state index contributed by atoms with van der Waals surface area (Å²) in [5.41, 5.74) is 3.86. The Labute approximate surface area is 162 Å². The lowest BCUT2D eigenvalue weighted by atomic mass is 10.1. The van der Waals surface area contributed by atoms with Gasteiger partial charge < -0.3 is 5.32 Å². The average Bonchev–Trinajstić information content (AvgIpc) is 3.31. The van der Waals surface area contributed by atoms with Crippen LogP contribution in [0, 0.1) is 11.6 Å². The quantitative estimate of drug-likeness (QED) is 0.656.